The lowest BCUT2D eigenvalue weighted by atomic mass is 9.86. The molecule has 0 N–H and O–H groups in total. The van der Waals surface area contributed by atoms with Crippen molar-refractivity contribution in [3.05, 3.63) is 59.2 Å². The van der Waals surface area contributed by atoms with Crippen molar-refractivity contribution in [3.8, 4) is 11.1 Å². The zero-order valence-corrected chi connectivity index (χ0v) is 12.7. The molecule has 2 rings (SSSR count). The molecule has 0 bridgehead atoms. The first-order chi connectivity index (χ1) is 10.1. The molecule has 2 aromatic rings. The minimum atomic E-state index is -4.47. The largest absolute Gasteiger partial charge is 0.416 e. The van der Waals surface area contributed by atoms with E-state index in [9.17, 15) is 18.0 Å². The minimum absolute atomic E-state index is 0.0183. The summed E-state index contributed by atoms with van der Waals surface area (Å²) < 4.78 is 38.7. The van der Waals surface area contributed by atoms with Crippen molar-refractivity contribution in [2.24, 2.45) is 0 Å². The van der Waals surface area contributed by atoms with Crippen LogP contribution in [0.3, 0.4) is 0 Å². The molecule has 0 unspecified atom stereocenters. The Morgan fingerprint density at radius 3 is 1.86 bits per heavy atom. The molecule has 116 valence electrons. The average Bonchev–Trinajstić information content (AvgIpc) is 2.45. The van der Waals surface area contributed by atoms with Gasteiger partial charge in [0.1, 0.15) is 6.29 Å². The summed E-state index contributed by atoms with van der Waals surface area (Å²) in [5, 5.41) is 0. The summed E-state index contributed by atoms with van der Waals surface area (Å²) in [6.07, 6.45) is -4.04. The van der Waals surface area contributed by atoms with Gasteiger partial charge in [-0.25, -0.2) is 0 Å². The fourth-order valence-electron chi connectivity index (χ4n) is 2.21. The van der Waals surface area contributed by atoms with Crippen molar-refractivity contribution in [2.45, 2.75) is 32.4 Å². The topological polar surface area (TPSA) is 17.1 Å². The first-order valence-corrected chi connectivity index (χ1v) is 6.89. The molecular weight excluding hydrogens is 289 g/mol. The van der Waals surface area contributed by atoms with Crippen LogP contribution in [-0.4, -0.2) is 6.29 Å². The zero-order valence-electron chi connectivity index (χ0n) is 12.7. The van der Waals surface area contributed by atoms with Crippen molar-refractivity contribution in [3.63, 3.8) is 0 Å². The second kappa shape index (κ2) is 5.59. The van der Waals surface area contributed by atoms with Gasteiger partial charge in [0.2, 0.25) is 0 Å². The van der Waals surface area contributed by atoms with Crippen LogP contribution >= 0.6 is 0 Å². The van der Waals surface area contributed by atoms with E-state index >= 15 is 0 Å². The molecule has 0 aliphatic heterocycles. The predicted molar refractivity (Wildman–Crippen MR) is 81.0 cm³/mol. The van der Waals surface area contributed by atoms with Gasteiger partial charge in [-0.1, -0.05) is 45.0 Å². The van der Waals surface area contributed by atoms with Crippen molar-refractivity contribution < 1.29 is 18.0 Å². The third kappa shape index (κ3) is 3.56. The number of carbonyl (C=O) groups is 1. The maximum Gasteiger partial charge on any atom is 0.416 e. The van der Waals surface area contributed by atoms with E-state index in [1.165, 1.54) is 6.07 Å². The normalized spacial score (nSPS) is 12.3. The van der Waals surface area contributed by atoms with E-state index in [0.717, 1.165) is 17.7 Å². The van der Waals surface area contributed by atoms with Crippen molar-refractivity contribution in [1.82, 2.24) is 0 Å². The Balaban J connectivity index is 2.50. The number of carbonyl (C=O) groups excluding carboxylic acids is 1. The Labute approximate surface area is 127 Å². The first kappa shape index (κ1) is 16.3. The van der Waals surface area contributed by atoms with Crippen LogP contribution in [0.15, 0.2) is 42.5 Å². The van der Waals surface area contributed by atoms with Crippen LogP contribution in [0.5, 0.6) is 0 Å². The van der Waals surface area contributed by atoms with Gasteiger partial charge >= 0.3 is 6.18 Å². The summed E-state index contributed by atoms with van der Waals surface area (Å²) in [4.78, 5) is 10.9. The molecule has 0 atom stereocenters. The molecule has 0 fully saturated rings. The lowest BCUT2D eigenvalue weighted by Crippen LogP contribution is -2.10. The molecule has 0 aromatic heterocycles. The quantitative estimate of drug-likeness (QED) is 0.671. The van der Waals surface area contributed by atoms with Crippen LogP contribution in [0, 0.1) is 0 Å². The van der Waals surface area contributed by atoms with Gasteiger partial charge in [0.25, 0.3) is 0 Å². The Morgan fingerprint density at radius 1 is 0.818 bits per heavy atom. The van der Waals surface area contributed by atoms with Crippen molar-refractivity contribution in [2.75, 3.05) is 0 Å². The summed E-state index contributed by atoms with van der Waals surface area (Å²) in [6.45, 7) is 6.20. The van der Waals surface area contributed by atoms with Crippen LogP contribution in [0.2, 0.25) is 0 Å². The van der Waals surface area contributed by atoms with Crippen LogP contribution < -0.4 is 0 Å². The molecule has 0 spiro atoms. The van der Waals surface area contributed by atoms with Crippen LogP contribution in [-0.2, 0) is 11.6 Å². The van der Waals surface area contributed by atoms with E-state index in [4.69, 9.17) is 0 Å². The standard InChI is InChI=1S/C18H17F3O/c1-17(2,3)15-6-4-13(5-7-15)14-8-12(11-22)9-16(10-14)18(19,20)21/h4-11H,1-3H3. The van der Waals surface area contributed by atoms with Gasteiger partial charge in [0.15, 0.2) is 0 Å². The first-order valence-electron chi connectivity index (χ1n) is 6.89. The monoisotopic (exact) mass is 306 g/mol. The summed E-state index contributed by atoms with van der Waals surface area (Å²) in [5.74, 6) is 0. The van der Waals surface area contributed by atoms with Gasteiger partial charge in [0.05, 0.1) is 5.56 Å². The van der Waals surface area contributed by atoms with E-state index in [1.54, 1.807) is 12.1 Å². The van der Waals surface area contributed by atoms with Crippen LogP contribution in [0.25, 0.3) is 11.1 Å². The van der Waals surface area contributed by atoms with Crippen LogP contribution in [0.1, 0.15) is 42.3 Å². The lowest BCUT2D eigenvalue weighted by Gasteiger charge is -2.19. The summed E-state index contributed by atoms with van der Waals surface area (Å²) >= 11 is 0. The number of hydrogen-bond acceptors (Lipinski definition) is 1. The highest BCUT2D eigenvalue weighted by atomic mass is 19.4. The number of aldehydes is 1. The highest BCUT2D eigenvalue weighted by Crippen LogP contribution is 2.34. The fourth-order valence-corrected chi connectivity index (χ4v) is 2.21. The molecule has 0 aliphatic rings. The maximum absolute atomic E-state index is 12.9. The highest BCUT2D eigenvalue weighted by Gasteiger charge is 2.31. The molecule has 0 heterocycles. The average molecular weight is 306 g/mol. The van der Waals surface area contributed by atoms with Gasteiger partial charge in [-0.2, -0.15) is 13.2 Å². The molecule has 0 aliphatic carbocycles. The summed E-state index contributed by atoms with van der Waals surface area (Å²) in [7, 11) is 0. The van der Waals surface area contributed by atoms with E-state index in [-0.39, 0.29) is 11.0 Å². The van der Waals surface area contributed by atoms with Gasteiger partial charge in [-0.15, -0.1) is 0 Å². The second-order valence-corrected chi connectivity index (χ2v) is 6.29. The number of benzene rings is 2. The maximum atomic E-state index is 12.9. The Morgan fingerprint density at radius 2 is 1.41 bits per heavy atom. The molecule has 4 heteroatoms. The van der Waals surface area contributed by atoms with Crippen molar-refractivity contribution >= 4 is 6.29 Å². The molecule has 22 heavy (non-hydrogen) atoms. The molecule has 0 radical (unpaired) electrons. The van der Waals surface area contributed by atoms with E-state index in [1.807, 2.05) is 12.1 Å². The number of hydrogen-bond donors (Lipinski definition) is 0. The summed E-state index contributed by atoms with van der Waals surface area (Å²) in [5.41, 5.74) is 1.32. The number of halogens is 3. The minimum Gasteiger partial charge on any atom is -0.298 e. The van der Waals surface area contributed by atoms with E-state index < -0.39 is 11.7 Å². The number of rotatable bonds is 2. The molecule has 2 aromatic carbocycles. The van der Waals surface area contributed by atoms with Gasteiger partial charge in [0, 0.05) is 5.56 Å². The zero-order chi connectivity index (χ0) is 16.5. The Hall–Kier alpha value is -2.10. The highest BCUT2D eigenvalue weighted by molar-refractivity contribution is 5.79. The summed E-state index contributed by atoms with van der Waals surface area (Å²) in [6, 6.07) is 10.8. The SMILES string of the molecule is CC(C)(C)c1ccc(-c2cc(C=O)cc(C(F)(F)F)c2)cc1. The Bertz CT molecular complexity index is 677. The van der Waals surface area contributed by atoms with Crippen molar-refractivity contribution in [1.29, 1.82) is 0 Å². The number of alkyl halides is 3. The molecule has 0 saturated carbocycles. The van der Waals surface area contributed by atoms with Gasteiger partial charge in [-0.05, 0) is 40.3 Å². The van der Waals surface area contributed by atoms with E-state index in [2.05, 4.69) is 20.8 Å². The predicted octanol–water partition coefficient (Wildman–Crippen LogP) is 5.48. The van der Waals surface area contributed by atoms with Gasteiger partial charge in [-0.3, -0.25) is 4.79 Å². The Kier molecular flexibility index (Phi) is 4.14. The molecule has 1 nitrogen and oxygen atoms in total. The fraction of sp³-hybridized carbons (Fsp3) is 0.278. The molecule has 0 amide bonds. The molecule has 0 saturated heterocycles. The third-order valence-electron chi connectivity index (χ3n) is 3.50. The van der Waals surface area contributed by atoms with E-state index in [0.29, 0.717) is 17.4 Å². The van der Waals surface area contributed by atoms with Gasteiger partial charge < -0.3 is 0 Å². The lowest BCUT2D eigenvalue weighted by molar-refractivity contribution is -0.137. The molecular formula is C18H17F3O. The third-order valence-corrected chi connectivity index (χ3v) is 3.50. The van der Waals surface area contributed by atoms with Crippen LogP contribution in [0.4, 0.5) is 13.2 Å². The smallest absolute Gasteiger partial charge is 0.298 e. The second-order valence-electron chi connectivity index (χ2n) is 6.29.